The Bertz CT molecular complexity index is 970. The summed E-state index contributed by atoms with van der Waals surface area (Å²) < 4.78 is 14.2. The van der Waals surface area contributed by atoms with Crippen LogP contribution in [0.15, 0.2) is 5.16 Å². The van der Waals surface area contributed by atoms with Gasteiger partial charge in [0.2, 0.25) is 11.1 Å². The summed E-state index contributed by atoms with van der Waals surface area (Å²) in [6.07, 6.45) is 1.28. The zero-order valence-electron chi connectivity index (χ0n) is 17.4. The van der Waals surface area contributed by atoms with Crippen LogP contribution in [-0.4, -0.2) is 66.1 Å². The van der Waals surface area contributed by atoms with Crippen molar-refractivity contribution in [3.8, 4) is 0 Å². The van der Waals surface area contributed by atoms with Gasteiger partial charge in [-0.15, -0.1) is 16.4 Å². The highest BCUT2D eigenvalue weighted by Crippen LogP contribution is 2.35. The zero-order valence-corrected chi connectivity index (χ0v) is 19.0. The van der Waals surface area contributed by atoms with Crippen molar-refractivity contribution in [3.05, 3.63) is 21.8 Å². The molecule has 0 aliphatic rings. The number of anilines is 1. The molecule has 13 heteroatoms. The molecule has 2 aromatic rings. The minimum absolute atomic E-state index is 0.00516. The summed E-state index contributed by atoms with van der Waals surface area (Å²) in [7, 11) is 3.50. The Kier molecular flexibility index (Phi) is 9.00. The molecular weight excluding hydrogens is 448 g/mol. The maximum absolute atomic E-state index is 12.5. The predicted molar refractivity (Wildman–Crippen MR) is 112 cm³/mol. The number of hydrogen-bond donors (Lipinski definition) is 2. The summed E-state index contributed by atoms with van der Waals surface area (Å²) in [5.74, 6) is -2.01. The summed E-state index contributed by atoms with van der Waals surface area (Å²) in [5.41, 5.74) is -0.0311. The fourth-order valence-corrected chi connectivity index (χ4v) is 4.26. The van der Waals surface area contributed by atoms with E-state index in [0.717, 1.165) is 48.9 Å². The van der Waals surface area contributed by atoms with Gasteiger partial charge < -0.3 is 19.5 Å². The minimum atomic E-state index is -0.813. The molecule has 2 rings (SSSR count). The van der Waals surface area contributed by atoms with E-state index in [9.17, 15) is 19.2 Å². The van der Waals surface area contributed by atoms with Crippen molar-refractivity contribution in [1.29, 1.82) is 0 Å². The number of methoxy groups -OCH3 is 3. The first-order valence-electron chi connectivity index (χ1n) is 9.07. The van der Waals surface area contributed by atoms with Gasteiger partial charge in [-0.1, -0.05) is 18.7 Å². The highest BCUT2D eigenvalue weighted by atomic mass is 32.2. The van der Waals surface area contributed by atoms with Crippen molar-refractivity contribution in [1.82, 2.24) is 15.2 Å². The molecule has 0 aromatic carbocycles. The molecule has 2 aromatic heterocycles. The Morgan fingerprint density at radius 2 is 1.81 bits per heavy atom. The number of carbonyl (C=O) groups is 4. The molecule has 168 valence electrons. The Morgan fingerprint density at radius 1 is 1.10 bits per heavy atom. The van der Waals surface area contributed by atoms with Crippen LogP contribution in [0.2, 0.25) is 0 Å². The van der Waals surface area contributed by atoms with Crippen LogP contribution in [0.25, 0.3) is 0 Å². The van der Waals surface area contributed by atoms with E-state index in [1.165, 1.54) is 14.2 Å². The van der Waals surface area contributed by atoms with E-state index in [4.69, 9.17) is 9.47 Å². The van der Waals surface area contributed by atoms with Crippen LogP contribution in [0.3, 0.4) is 0 Å². The lowest BCUT2D eigenvalue weighted by Gasteiger charge is -2.07. The van der Waals surface area contributed by atoms with Crippen LogP contribution in [-0.2, 0) is 36.6 Å². The first-order valence-corrected chi connectivity index (χ1v) is 10.9. The molecule has 0 radical (unpaired) electrons. The number of carbonyl (C=O) groups excluding carboxylic acids is 4. The molecule has 1 amide bonds. The number of aromatic nitrogens is 3. The number of H-pyrrole nitrogens is 1. The number of aromatic amines is 1. The SMILES string of the molecule is CCCc1nc(SCC(=O)Nc2sc(C(=O)OC)c(CC(=O)OC)c2C(=O)OC)n[nH]1. The van der Waals surface area contributed by atoms with Crippen molar-refractivity contribution in [2.75, 3.05) is 32.4 Å². The highest BCUT2D eigenvalue weighted by molar-refractivity contribution is 7.99. The van der Waals surface area contributed by atoms with Gasteiger partial charge in [-0.25, -0.2) is 14.6 Å². The van der Waals surface area contributed by atoms with Crippen molar-refractivity contribution in [3.63, 3.8) is 0 Å². The van der Waals surface area contributed by atoms with Gasteiger partial charge in [-0.2, -0.15) is 0 Å². The lowest BCUT2D eigenvalue weighted by Crippen LogP contribution is -2.17. The van der Waals surface area contributed by atoms with E-state index in [1.807, 2.05) is 6.92 Å². The third-order valence-corrected chi connectivity index (χ3v) is 5.87. The van der Waals surface area contributed by atoms with E-state index < -0.39 is 23.8 Å². The number of hydrogen-bond acceptors (Lipinski definition) is 11. The van der Waals surface area contributed by atoms with Gasteiger partial charge in [0.05, 0.1) is 39.1 Å². The molecule has 0 atom stereocenters. The lowest BCUT2D eigenvalue weighted by atomic mass is 10.1. The lowest BCUT2D eigenvalue weighted by molar-refractivity contribution is -0.139. The van der Waals surface area contributed by atoms with Gasteiger partial charge in [0.15, 0.2) is 0 Å². The van der Waals surface area contributed by atoms with Gasteiger partial charge in [0.1, 0.15) is 15.7 Å². The fourth-order valence-electron chi connectivity index (χ4n) is 2.50. The van der Waals surface area contributed by atoms with E-state index in [-0.39, 0.29) is 33.2 Å². The standard InChI is InChI=1S/C18H22N4O7S2/c1-5-6-10-19-18(22-21-10)30-8-11(23)20-15-13(16(25)28-3)9(7-12(24)27-2)14(31-15)17(26)29-4/h5-8H2,1-4H3,(H,20,23)(H,19,21,22). The average molecular weight is 471 g/mol. The molecular formula is C18H22N4O7S2. The molecule has 0 saturated carbocycles. The molecule has 2 heterocycles. The quantitative estimate of drug-likeness (QED) is 0.299. The number of aryl methyl sites for hydroxylation is 1. The first-order chi connectivity index (χ1) is 14.8. The topological polar surface area (TPSA) is 150 Å². The molecule has 31 heavy (non-hydrogen) atoms. The van der Waals surface area contributed by atoms with Crippen molar-refractivity contribution in [2.24, 2.45) is 0 Å². The second-order valence-electron chi connectivity index (χ2n) is 6.00. The van der Waals surface area contributed by atoms with E-state index >= 15 is 0 Å². The summed E-state index contributed by atoms with van der Waals surface area (Å²) in [6, 6.07) is 0. The van der Waals surface area contributed by atoms with E-state index in [0.29, 0.717) is 5.16 Å². The normalized spacial score (nSPS) is 10.5. The zero-order chi connectivity index (χ0) is 23.0. The van der Waals surface area contributed by atoms with E-state index in [1.54, 1.807) is 0 Å². The maximum Gasteiger partial charge on any atom is 0.348 e. The molecule has 2 N–H and O–H groups in total. The molecule has 0 bridgehead atoms. The molecule has 0 spiro atoms. The summed E-state index contributed by atoms with van der Waals surface area (Å²) in [5, 5.41) is 9.90. The average Bonchev–Trinajstić information content (AvgIpc) is 3.35. The second-order valence-corrected chi connectivity index (χ2v) is 7.96. The fraction of sp³-hybridized carbons (Fsp3) is 0.444. The van der Waals surface area contributed by atoms with Crippen LogP contribution >= 0.6 is 23.1 Å². The van der Waals surface area contributed by atoms with Crippen LogP contribution in [0.1, 0.15) is 44.8 Å². The smallest absolute Gasteiger partial charge is 0.348 e. The Labute approximate surface area is 186 Å². The van der Waals surface area contributed by atoms with Crippen molar-refractivity contribution >= 4 is 51.9 Å². The molecule has 0 aliphatic carbocycles. The first kappa shape index (κ1) is 24.3. The van der Waals surface area contributed by atoms with Crippen LogP contribution in [0, 0.1) is 0 Å². The second kappa shape index (κ2) is 11.5. The van der Waals surface area contributed by atoms with Crippen molar-refractivity contribution in [2.45, 2.75) is 31.3 Å². The Balaban J connectivity index is 2.26. The molecule has 0 saturated heterocycles. The third kappa shape index (κ3) is 6.28. The van der Waals surface area contributed by atoms with Gasteiger partial charge in [-0.3, -0.25) is 14.7 Å². The largest absolute Gasteiger partial charge is 0.469 e. The van der Waals surface area contributed by atoms with Gasteiger partial charge in [-0.05, 0) is 6.42 Å². The van der Waals surface area contributed by atoms with Gasteiger partial charge in [0, 0.05) is 12.0 Å². The summed E-state index contributed by atoms with van der Waals surface area (Å²) >= 11 is 1.92. The summed E-state index contributed by atoms with van der Waals surface area (Å²) in [4.78, 5) is 53.1. The highest BCUT2D eigenvalue weighted by Gasteiger charge is 2.30. The summed E-state index contributed by atoms with van der Waals surface area (Å²) in [6.45, 7) is 2.01. The minimum Gasteiger partial charge on any atom is -0.469 e. The number of nitrogens with one attached hydrogen (secondary N) is 2. The predicted octanol–water partition coefficient (Wildman–Crippen LogP) is 1.84. The Morgan fingerprint density at radius 3 is 2.42 bits per heavy atom. The molecule has 0 fully saturated rings. The number of thiophene rings is 1. The number of thioether (sulfide) groups is 1. The molecule has 11 nitrogen and oxygen atoms in total. The van der Waals surface area contributed by atoms with E-state index in [2.05, 4.69) is 25.2 Å². The maximum atomic E-state index is 12.5. The van der Waals surface area contributed by atoms with Crippen LogP contribution in [0.4, 0.5) is 5.00 Å². The number of rotatable bonds is 10. The number of ether oxygens (including phenoxy) is 3. The van der Waals surface area contributed by atoms with Gasteiger partial charge in [0.25, 0.3) is 0 Å². The Hall–Kier alpha value is -2.93. The van der Waals surface area contributed by atoms with Crippen LogP contribution in [0.5, 0.6) is 0 Å². The number of esters is 3. The van der Waals surface area contributed by atoms with Crippen LogP contribution < -0.4 is 5.32 Å². The number of nitrogens with zero attached hydrogens (tertiary/aromatic N) is 2. The molecule has 0 aliphatic heterocycles. The van der Waals surface area contributed by atoms with Gasteiger partial charge >= 0.3 is 17.9 Å². The molecule has 0 unspecified atom stereocenters. The van der Waals surface area contributed by atoms with Crippen molar-refractivity contribution < 1.29 is 33.4 Å². The monoisotopic (exact) mass is 470 g/mol. The number of amides is 1. The third-order valence-electron chi connectivity index (χ3n) is 3.90.